The molecule has 0 spiro atoms. The fourth-order valence-electron chi connectivity index (χ4n) is 11.3. The Morgan fingerprint density at radius 3 is 0.955 bits per heavy atom. The van der Waals surface area contributed by atoms with E-state index >= 15 is 4.79 Å². The summed E-state index contributed by atoms with van der Waals surface area (Å²) in [7, 11) is 0. The fourth-order valence-corrected chi connectivity index (χ4v) is 11.3. The lowest BCUT2D eigenvalue weighted by atomic mass is 9.87. The van der Waals surface area contributed by atoms with Crippen molar-refractivity contribution in [3.63, 3.8) is 0 Å². The van der Waals surface area contributed by atoms with E-state index in [1.165, 1.54) is 54.6 Å². The van der Waals surface area contributed by atoms with Crippen LogP contribution in [0, 0.1) is 0 Å². The van der Waals surface area contributed by atoms with Crippen molar-refractivity contribution in [1.29, 1.82) is 0 Å². The number of hydrogen-bond acceptors (Lipinski definition) is 1. The maximum atomic E-state index is 16.0. The molecule has 0 atom stereocenters. The van der Waals surface area contributed by atoms with Crippen molar-refractivity contribution in [1.82, 2.24) is 13.7 Å². The number of aromatic nitrogens is 3. The topological polar surface area (TPSA) is 31.9 Å². The highest BCUT2D eigenvalue weighted by atomic mass is 16.1. The van der Waals surface area contributed by atoms with Crippen LogP contribution in [0.1, 0.15) is 38.5 Å². The first-order valence-corrected chi connectivity index (χ1v) is 22.7. The summed E-state index contributed by atoms with van der Waals surface area (Å²) in [5.41, 5.74) is 16.7. The normalized spacial score (nSPS) is 12.5. The first-order valence-electron chi connectivity index (χ1n) is 22.7. The van der Waals surface area contributed by atoms with Crippen LogP contribution in [-0.2, 0) is 0 Å². The molecule has 4 heteroatoms. The second-order valence-corrected chi connectivity index (χ2v) is 17.6. The van der Waals surface area contributed by atoms with Gasteiger partial charge in [-0.25, -0.2) is 0 Å². The highest BCUT2D eigenvalue weighted by Gasteiger charge is 2.31. The first-order chi connectivity index (χ1) is 32.7. The van der Waals surface area contributed by atoms with Crippen molar-refractivity contribution in [2.75, 3.05) is 0 Å². The zero-order valence-corrected chi connectivity index (χ0v) is 35.8. The van der Waals surface area contributed by atoms with Gasteiger partial charge in [0.15, 0.2) is 5.78 Å². The molecule has 0 saturated heterocycles. The molecule has 0 unspecified atom stereocenters. The number of carbonyl (C=O) groups excluding carboxylic acids is 1. The SMILES string of the molecule is O=C(c1cc(C2c3ccccc3-c3ccccc32)cc(-n2c3ccccc3c3ccccc32)c1)c1cc(-n2c3ccccc3c3ccccc32)cc(-n2c3ccccc3c3ccccc32)c1. The van der Waals surface area contributed by atoms with Gasteiger partial charge in [-0.2, -0.15) is 0 Å². The smallest absolute Gasteiger partial charge is 0.193 e. The van der Waals surface area contributed by atoms with Gasteiger partial charge in [0.1, 0.15) is 0 Å². The Morgan fingerprint density at radius 1 is 0.303 bits per heavy atom. The van der Waals surface area contributed by atoms with Crippen LogP contribution in [0.25, 0.3) is 93.6 Å². The van der Waals surface area contributed by atoms with E-state index in [1.807, 2.05) is 0 Å². The maximum Gasteiger partial charge on any atom is 0.193 e. The fraction of sp³-hybridized carbons (Fsp3) is 0.0161. The van der Waals surface area contributed by atoms with E-state index in [0.29, 0.717) is 11.1 Å². The van der Waals surface area contributed by atoms with E-state index in [9.17, 15) is 0 Å². The number of rotatable bonds is 6. The molecule has 0 radical (unpaired) electrons. The Kier molecular flexibility index (Phi) is 7.87. The minimum absolute atomic E-state index is 0.0388. The largest absolute Gasteiger partial charge is 0.309 e. The average molecular weight is 842 g/mol. The number of fused-ring (bicyclic) bond motifs is 12. The van der Waals surface area contributed by atoms with Crippen LogP contribution < -0.4 is 0 Å². The molecule has 4 nitrogen and oxygen atoms in total. The molecule has 66 heavy (non-hydrogen) atoms. The quantitative estimate of drug-likeness (QED) is 0.154. The van der Waals surface area contributed by atoms with Crippen molar-refractivity contribution in [2.45, 2.75) is 5.92 Å². The molecule has 0 aliphatic heterocycles. The Morgan fingerprint density at radius 2 is 0.591 bits per heavy atom. The maximum absolute atomic E-state index is 16.0. The summed E-state index contributed by atoms with van der Waals surface area (Å²) in [5, 5.41) is 7.04. The lowest BCUT2D eigenvalue weighted by Crippen LogP contribution is -2.09. The molecule has 0 fully saturated rings. The highest BCUT2D eigenvalue weighted by Crippen LogP contribution is 2.49. The van der Waals surface area contributed by atoms with Crippen LogP contribution >= 0.6 is 0 Å². The van der Waals surface area contributed by atoms with Crippen molar-refractivity contribution < 1.29 is 4.79 Å². The van der Waals surface area contributed by atoms with Gasteiger partial charge in [-0.3, -0.25) is 4.79 Å². The third-order valence-electron chi connectivity index (χ3n) is 14.0. The molecule has 1 aliphatic rings. The van der Waals surface area contributed by atoms with Crippen LogP contribution in [0.4, 0.5) is 0 Å². The van der Waals surface area contributed by atoms with Gasteiger partial charge in [0.2, 0.25) is 0 Å². The van der Waals surface area contributed by atoms with Gasteiger partial charge in [0.05, 0.1) is 33.1 Å². The molecule has 308 valence electrons. The Hall–Kier alpha value is -8.73. The summed E-state index contributed by atoms with van der Waals surface area (Å²) in [6.07, 6.45) is 0. The summed E-state index contributed by atoms with van der Waals surface area (Å²) >= 11 is 0. The van der Waals surface area contributed by atoms with E-state index in [4.69, 9.17) is 0 Å². The van der Waals surface area contributed by atoms with Gasteiger partial charge < -0.3 is 13.7 Å². The van der Waals surface area contributed by atoms with Crippen LogP contribution in [0.3, 0.4) is 0 Å². The molecule has 14 rings (SSSR count). The molecule has 0 N–H and O–H groups in total. The van der Waals surface area contributed by atoms with Crippen LogP contribution in [0.15, 0.2) is 231 Å². The van der Waals surface area contributed by atoms with Gasteiger partial charge in [0.25, 0.3) is 0 Å². The van der Waals surface area contributed by atoms with Crippen molar-refractivity contribution in [2.24, 2.45) is 0 Å². The zero-order chi connectivity index (χ0) is 43.5. The lowest BCUT2D eigenvalue weighted by molar-refractivity contribution is 0.103. The van der Waals surface area contributed by atoms with E-state index in [2.05, 4.69) is 244 Å². The number of carbonyl (C=O) groups is 1. The van der Waals surface area contributed by atoms with Crippen LogP contribution in [0.5, 0.6) is 0 Å². The molecule has 10 aromatic carbocycles. The molecular weight excluding hydrogens is 803 g/mol. The van der Waals surface area contributed by atoms with E-state index in [1.54, 1.807) is 0 Å². The van der Waals surface area contributed by atoms with Gasteiger partial charge in [-0.05, 0) is 101 Å². The summed E-state index contributed by atoms with van der Waals surface area (Å²) in [4.78, 5) is 16.0. The van der Waals surface area contributed by atoms with E-state index in [0.717, 1.165) is 55.7 Å². The molecular formula is C62H39N3O. The van der Waals surface area contributed by atoms with Crippen molar-refractivity contribution in [3.8, 4) is 28.2 Å². The highest BCUT2D eigenvalue weighted by molar-refractivity contribution is 6.14. The third kappa shape index (κ3) is 5.30. The Bertz CT molecular complexity index is 3820. The minimum atomic E-state index is -0.0610. The molecule has 1 aliphatic carbocycles. The molecule has 3 heterocycles. The number of nitrogens with zero attached hydrogens (tertiary/aromatic N) is 3. The standard InChI is InChI=1S/C62H39N3O/c66-62(40-33-39(61-53-25-3-1-17-45(53)46-18-2-4-26-54(46)61)34-42(35-40)63-55-27-11-5-19-47(55)48-20-6-12-28-56(48)63)41-36-43(64-57-29-13-7-21-49(57)50-22-8-14-30-58(50)64)38-44(37-41)65-59-31-15-9-23-51(59)52-24-10-16-32-60(52)65/h1-38,61H. The zero-order valence-electron chi connectivity index (χ0n) is 35.8. The number of ketones is 1. The molecule has 0 amide bonds. The summed E-state index contributed by atoms with van der Waals surface area (Å²) in [5.74, 6) is -0.0999. The number of benzene rings is 10. The van der Waals surface area contributed by atoms with Gasteiger partial charge in [0, 0.05) is 66.4 Å². The molecule has 0 saturated carbocycles. The average Bonchev–Trinajstić information content (AvgIpc) is 4.11. The number of hydrogen-bond donors (Lipinski definition) is 0. The molecule has 3 aromatic heterocycles. The Balaban J connectivity index is 1.06. The predicted molar refractivity (Wildman–Crippen MR) is 272 cm³/mol. The van der Waals surface area contributed by atoms with E-state index < -0.39 is 0 Å². The van der Waals surface area contributed by atoms with E-state index in [-0.39, 0.29) is 11.7 Å². The molecule has 13 aromatic rings. The van der Waals surface area contributed by atoms with Crippen molar-refractivity contribution >= 4 is 71.2 Å². The summed E-state index contributed by atoms with van der Waals surface area (Å²) < 4.78 is 6.99. The number of para-hydroxylation sites is 6. The van der Waals surface area contributed by atoms with Gasteiger partial charge >= 0.3 is 0 Å². The first kappa shape index (κ1) is 36.7. The summed E-state index contributed by atoms with van der Waals surface area (Å²) in [6, 6.07) is 82.0. The minimum Gasteiger partial charge on any atom is -0.309 e. The Labute approximate surface area is 380 Å². The van der Waals surface area contributed by atoms with Gasteiger partial charge in [-0.1, -0.05) is 158 Å². The van der Waals surface area contributed by atoms with Gasteiger partial charge in [-0.15, -0.1) is 0 Å². The predicted octanol–water partition coefficient (Wildman–Crippen LogP) is 15.4. The second-order valence-electron chi connectivity index (χ2n) is 17.6. The van der Waals surface area contributed by atoms with Crippen LogP contribution in [0.2, 0.25) is 0 Å². The van der Waals surface area contributed by atoms with Crippen molar-refractivity contribution in [3.05, 3.63) is 258 Å². The monoisotopic (exact) mass is 841 g/mol. The lowest BCUT2D eigenvalue weighted by Gasteiger charge is -2.19. The second kappa shape index (κ2) is 14.1. The third-order valence-corrected chi connectivity index (χ3v) is 14.0. The van der Waals surface area contributed by atoms with Crippen LogP contribution in [-0.4, -0.2) is 19.5 Å². The molecule has 0 bridgehead atoms. The summed E-state index contributed by atoms with van der Waals surface area (Å²) in [6.45, 7) is 0.